The van der Waals surface area contributed by atoms with E-state index < -0.39 is 10.0 Å². The van der Waals surface area contributed by atoms with Crippen LogP contribution >= 0.6 is 15.9 Å². The standard InChI is InChI=1S/C33H28BrN3O4S/c1-19-8-10-20(11-9-19)32-31(33(38)35-2)26-17-25(29(18-30(26)41-32)37(3)42(4,39)40)21-6-5-7-22(14-21)28-16-23-15-24(34)12-13-27(23)36-28/h5-15,17-18H,16H2,1-4H3,(H,35,38). The molecule has 1 aliphatic heterocycles. The second kappa shape index (κ2) is 10.6. The van der Waals surface area contributed by atoms with Crippen molar-refractivity contribution in [3.63, 3.8) is 0 Å². The van der Waals surface area contributed by atoms with Crippen molar-refractivity contribution in [2.45, 2.75) is 13.3 Å². The summed E-state index contributed by atoms with van der Waals surface area (Å²) < 4.78 is 34.1. The quantitative estimate of drug-likeness (QED) is 0.211. The van der Waals surface area contributed by atoms with Crippen LogP contribution in [-0.2, 0) is 16.4 Å². The van der Waals surface area contributed by atoms with Gasteiger partial charge in [-0.15, -0.1) is 0 Å². The lowest BCUT2D eigenvalue weighted by Gasteiger charge is -2.21. The zero-order valence-electron chi connectivity index (χ0n) is 23.5. The van der Waals surface area contributed by atoms with Crippen molar-refractivity contribution in [1.82, 2.24) is 5.32 Å². The molecule has 9 heteroatoms. The van der Waals surface area contributed by atoms with E-state index in [9.17, 15) is 13.2 Å². The van der Waals surface area contributed by atoms with Crippen molar-refractivity contribution >= 4 is 59.9 Å². The van der Waals surface area contributed by atoms with Gasteiger partial charge in [0.15, 0.2) is 0 Å². The molecule has 0 saturated carbocycles. The molecule has 1 aromatic heterocycles. The van der Waals surface area contributed by atoms with Gasteiger partial charge in [0.2, 0.25) is 10.0 Å². The SMILES string of the molecule is CNC(=O)c1c(-c2ccc(C)cc2)oc2cc(N(C)S(C)(=O)=O)c(-c3cccc(C4=Nc5ccc(Br)cc5C4)c3)cc12. The minimum absolute atomic E-state index is 0.294. The number of anilines is 1. The van der Waals surface area contributed by atoms with E-state index in [1.54, 1.807) is 13.1 Å². The summed E-state index contributed by atoms with van der Waals surface area (Å²) in [6, 6.07) is 25.2. The first-order valence-corrected chi connectivity index (χ1v) is 16.0. The van der Waals surface area contributed by atoms with E-state index in [0.717, 1.165) is 49.9 Å². The number of furan rings is 1. The van der Waals surface area contributed by atoms with Gasteiger partial charge in [-0.2, -0.15) is 0 Å². The van der Waals surface area contributed by atoms with E-state index >= 15 is 0 Å². The molecule has 42 heavy (non-hydrogen) atoms. The van der Waals surface area contributed by atoms with Crippen LogP contribution in [0.2, 0.25) is 0 Å². The lowest BCUT2D eigenvalue weighted by Crippen LogP contribution is -2.25. The third kappa shape index (κ3) is 5.03. The van der Waals surface area contributed by atoms with Crippen LogP contribution in [0.25, 0.3) is 33.4 Å². The number of halogens is 1. The minimum atomic E-state index is -3.62. The first kappa shape index (κ1) is 27.9. The monoisotopic (exact) mass is 641 g/mol. The van der Waals surface area contributed by atoms with Crippen LogP contribution < -0.4 is 9.62 Å². The summed E-state index contributed by atoms with van der Waals surface area (Å²) in [7, 11) is -0.523. The number of hydrogen-bond donors (Lipinski definition) is 1. The van der Waals surface area contributed by atoms with E-state index in [4.69, 9.17) is 9.41 Å². The Hall–Kier alpha value is -4.21. The highest BCUT2D eigenvalue weighted by Gasteiger charge is 2.26. The first-order valence-electron chi connectivity index (χ1n) is 13.3. The van der Waals surface area contributed by atoms with Gasteiger partial charge in [-0.25, -0.2) is 8.42 Å². The maximum absolute atomic E-state index is 13.2. The third-order valence-corrected chi connectivity index (χ3v) is 9.26. The second-order valence-electron chi connectivity index (χ2n) is 10.4. The highest BCUT2D eigenvalue weighted by molar-refractivity contribution is 9.10. The van der Waals surface area contributed by atoms with Crippen LogP contribution in [0, 0.1) is 6.92 Å². The molecule has 4 aromatic carbocycles. The summed E-state index contributed by atoms with van der Waals surface area (Å²) in [5.41, 5.74) is 8.47. The van der Waals surface area contributed by atoms with Gasteiger partial charge < -0.3 is 9.73 Å². The van der Waals surface area contributed by atoms with Gasteiger partial charge in [-0.1, -0.05) is 64.0 Å². The van der Waals surface area contributed by atoms with Crippen molar-refractivity contribution < 1.29 is 17.6 Å². The second-order valence-corrected chi connectivity index (χ2v) is 13.4. The summed E-state index contributed by atoms with van der Waals surface area (Å²) in [6.45, 7) is 1.99. The Balaban J connectivity index is 1.56. The number of amides is 1. The van der Waals surface area contributed by atoms with Gasteiger partial charge in [-0.3, -0.25) is 14.1 Å². The molecule has 0 spiro atoms. The Kier molecular flexibility index (Phi) is 7.03. The lowest BCUT2D eigenvalue weighted by molar-refractivity contribution is 0.0964. The Morgan fingerprint density at radius 2 is 1.71 bits per heavy atom. The van der Waals surface area contributed by atoms with E-state index in [1.807, 2.05) is 73.7 Å². The molecule has 6 rings (SSSR count). The number of fused-ring (bicyclic) bond motifs is 2. The van der Waals surface area contributed by atoms with Crippen molar-refractivity contribution in [3.05, 3.63) is 106 Å². The molecule has 0 bridgehead atoms. The van der Waals surface area contributed by atoms with E-state index in [0.29, 0.717) is 40.0 Å². The Labute approximate surface area is 253 Å². The molecular weight excluding hydrogens is 614 g/mol. The maximum atomic E-state index is 13.2. The third-order valence-electron chi connectivity index (χ3n) is 7.57. The number of nitrogens with zero attached hydrogens (tertiary/aromatic N) is 2. The number of carbonyl (C=O) groups excluding carboxylic acids is 1. The zero-order valence-corrected chi connectivity index (χ0v) is 25.9. The normalized spacial score (nSPS) is 12.7. The molecule has 0 saturated heterocycles. The van der Waals surface area contributed by atoms with Crippen molar-refractivity contribution in [3.8, 4) is 22.5 Å². The van der Waals surface area contributed by atoms with Gasteiger partial charge in [0.25, 0.3) is 5.91 Å². The summed E-state index contributed by atoms with van der Waals surface area (Å²) in [4.78, 5) is 18.1. The maximum Gasteiger partial charge on any atom is 0.255 e. The summed E-state index contributed by atoms with van der Waals surface area (Å²) in [6.07, 6.45) is 1.85. The van der Waals surface area contributed by atoms with Gasteiger partial charge in [0.1, 0.15) is 11.3 Å². The number of aliphatic imine (C=N–C) groups is 1. The Morgan fingerprint density at radius 3 is 2.43 bits per heavy atom. The summed E-state index contributed by atoms with van der Waals surface area (Å²) in [5, 5.41) is 3.33. The fraction of sp³-hybridized carbons (Fsp3) is 0.152. The van der Waals surface area contributed by atoms with Crippen LogP contribution in [0.5, 0.6) is 0 Å². The smallest absolute Gasteiger partial charge is 0.255 e. The average molecular weight is 643 g/mol. The molecular formula is C33H28BrN3O4S. The van der Waals surface area contributed by atoms with Crippen LogP contribution in [0.1, 0.15) is 27.0 Å². The minimum Gasteiger partial charge on any atom is -0.455 e. The Morgan fingerprint density at radius 1 is 0.976 bits per heavy atom. The highest BCUT2D eigenvalue weighted by Crippen LogP contribution is 2.42. The number of benzene rings is 4. The molecule has 2 heterocycles. The van der Waals surface area contributed by atoms with E-state index in [2.05, 4.69) is 27.3 Å². The molecule has 0 fully saturated rings. The molecule has 1 aliphatic rings. The fourth-order valence-electron chi connectivity index (χ4n) is 5.26. The number of sulfonamides is 1. The molecule has 0 atom stereocenters. The molecule has 7 nitrogen and oxygen atoms in total. The van der Waals surface area contributed by atoms with Crippen LogP contribution in [0.15, 0.2) is 92.7 Å². The molecule has 0 radical (unpaired) electrons. The molecule has 5 aromatic rings. The lowest BCUT2D eigenvalue weighted by atomic mass is 9.95. The van der Waals surface area contributed by atoms with Crippen molar-refractivity contribution in [2.24, 2.45) is 4.99 Å². The van der Waals surface area contributed by atoms with E-state index in [-0.39, 0.29) is 5.91 Å². The topological polar surface area (TPSA) is 92.0 Å². The molecule has 1 amide bonds. The van der Waals surface area contributed by atoms with Gasteiger partial charge in [0.05, 0.1) is 28.9 Å². The van der Waals surface area contributed by atoms with Crippen LogP contribution in [-0.4, -0.2) is 40.4 Å². The molecule has 0 unspecified atom stereocenters. The zero-order chi connectivity index (χ0) is 29.8. The van der Waals surface area contributed by atoms with Crippen LogP contribution in [0.4, 0.5) is 11.4 Å². The Bertz CT molecular complexity index is 2030. The van der Waals surface area contributed by atoms with Crippen molar-refractivity contribution in [2.75, 3.05) is 24.7 Å². The number of carbonyl (C=O) groups is 1. The highest BCUT2D eigenvalue weighted by atomic mass is 79.9. The molecule has 1 N–H and O–H groups in total. The van der Waals surface area contributed by atoms with Crippen LogP contribution in [0.3, 0.4) is 0 Å². The predicted molar refractivity (Wildman–Crippen MR) is 173 cm³/mol. The van der Waals surface area contributed by atoms with Gasteiger partial charge >= 0.3 is 0 Å². The number of nitrogens with one attached hydrogen (secondary N) is 1. The van der Waals surface area contributed by atoms with Gasteiger partial charge in [-0.05, 0) is 53.9 Å². The van der Waals surface area contributed by atoms with Gasteiger partial charge in [0, 0.05) is 47.6 Å². The fourth-order valence-corrected chi connectivity index (χ4v) is 6.18. The molecule has 0 aliphatic carbocycles. The average Bonchev–Trinajstić information content (AvgIpc) is 3.56. The number of aryl methyl sites for hydroxylation is 1. The van der Waals surface area contributed by atoms with E-state index in [1.165, 1.54) is 11.4 Å². The summed E-state index contributed by atoms with van der Waals surface area (Å²) >= 11 is 3.54. The predicted octanol–water partition coefficient (Wildman–Crippen LogP) is 7.27. The largest absolute Gasteiger partial charge is 0.455 e. The van der Waals surface area contributed by atoms with Crippen molar-refractivity contribution in [1.29, 1.82) is 0 Å². The molecule has 212 valence electrons. The summed E-state index contributed by atoms with van der Waals surface area (Å²) in [5.74, 6) is 0.130. The number of hydrogen-bond acceptors (Lipinski definition) is 5. The first-order chi connectivity index (χ1) is 20.0. The number of rotatable bonds is 6.